The monoisotopic (exact) mass is 364 g/mol. The average Bonchev–Trinajstić information content (AvgIpc) is 3.08. The lowest BCUT2D eigenvalue weighted by Gasteiger charge is -2.25. The Morgan fingerprint density at radius 2 is 2.12 bits per heavy atom. The van der Waals surface area contributed by atoms with E-state index < -0.39 is 43.5 Å². The fraction of sp³-hybridized carbons (Fsp3) is 0.312. The zero-order chi connectivity index (χ0) is 18.6. The first kappa shape index (κ1) is 18.6. The Morgan fingerprint density at radius 3 is 2.72 bits per heavy atom. The van der Waals surface area contributed by atoms with Crippen molar-refractivity contribution >= 4 is 21.7 Å². The first-order valence-electron chi connectivity index (χ1n) is 7.27. The van der Waals surface area contributed by atoms with Crippen molar-refractivity contribution in [3.05, 3.63) is 46.5 Å². The average molecular weight is 364 g/mol. The van der Waals surface area contributed by atoms with Crippen molar-refractivity contribution in [2.75, 3.05) is 13.7 Å². The van der Waals surface area contributed by atoms with Crippen molar-refractivity contribution in [1.29, 1.82) is 0 Å². The second-order valence-electron chi connectivity index (χ2n) is 5.30. The molecule has 8 nitrogen and oxygen atoms in total. The van der Waals surface area contributed by atoms with Crippen LogP contribution in [0.4, 0.5) is 5.69 Å². The summed E-state index contributed by atoms with van der Waals surface area (Å²) in [5.74, 6) is 1.18. The summed E-state index contributed by atoms with van der Waals surface area (Å²) in [6, 6.07) is 4.36. The molecule has 0 bridgehead atoms. The molecular formula is C16H16N2O6S. The molecule has 25 heavy (non-hydrogen) atoms. The molecule has 1 aliphatic carbocycles. The van der Waals surface area contributed by atoms with Crippen LogP contribution in [0.5, 0.6) is 0 Å². The molecule has 0 aromatic heterocycles. The molecule has 0 aliphatic heterocycles. The standard InChI is InChI=1S/C16H16N2O6S/c1-3-10-17(13-9-8-12(11-13)16(19)24-2)25(22,23)15-7-5-4-6-14(15)18(20)21/h1,4-9,12-13H,10-11H2,2H3/t12-,13+/m1/s1. The van der Waals surface area contributed by atoms with Gasteiger partial charge in [-0.1, -0.05) is 30.2 Å². The first-order valence-corrected chi connectivity index (χ1v) is 8.71. The van der Waals surface area contributed by atoms with Gasteiger partial charge in [-0.25, -0.2) is 8.42 Å². The number of ether oxygens (including phenoxy) is 1. The Balaban J connectivity index is 2.41. The van der Waals surface area contributed by atoms with Gasteiger partial charge in [-0.2, -0.15) is 4.31 Å². The molecule has 9 heteroatoms. The summed E-state index contributed by atoms with van der Waals surface area (Å²) < 4.78 is 31.5. The second-order valence-corrected chi connectivity index (χ2v) is 7.16. The summed E-state index contributed by atoms with van der Waals surface area (Å²) in [4.78, 5) is 21.6. The first-order chi connectivity index (χ1) is 11.8. The van der Waals surface area contributed by atoms with Crippen LogP contribution in [0.3, 0.4) is 0 Å². The van der Waals surface area contributed by atoms with Crippen LogP contribution in [0, 0.1) is 28.4 Å². The maximum atomic E-state index is 13.0. The topological polar surface area (TPSA) is 107 Å². The number of esters is 1. The van der Waals surface area contributed by atoms with Gasteiger partial charge in [-0.15, -0.1) is 6.42 Å². The number of nitrogens with zero attached hydrogens (tertiary/aromatic N) is 2. The number of methoxy groups -OCH3 is 1. The Morgan fingerprint density at radius 1 is 1.44 bits per heavy atom. The molecule has 0 heterocycles. The number of rotatable bonds is 6. The predicted octanol–water partition coefficient (Wildman–Crippen LogP) is 1.34. The van der Waals surface area contributed by atoms with Crippen molar-refractivity contribution in [3.63, 3.8) is 0 Å². The largest absolute Gasteiger partial charge is 0.469 e. The van der Waals surface area contributed by atoms with Gasteiger partial charge in [0.25, 0.3) is 15.7 Å². The van der Waals surface area contributed by atoms with Crippen LogP contribution in [-0.4, -0.2) is 43.3 Å². The van der Waals surface area contributed by atoms with Crippen molar-refractivity contribution in [1.82, 2.24) is 4.31 Å². The van der Waals surface area contributed by atoms with E-state index in [9.17, 15) is 23.3 Å². The van der Waals surface area contributed by atoms with E-state index in [-0.39, 0.29) is 13.0 Å². The minimum atomic E-state index is -4.23. The minimum absolute atomic E-state index is 0.161. The van der Waals surface area contributed by atoms with E-state index in [0.717, 1.165) is 16.4 Å². The van der Waals surface area contributed by atoms with E-state index in [1.54, 1.807) is 12.2 Å². The normalized spacial score (nSPS) is 19.6. The number of nitro groups is 1. The summed E-state index contributed by atoms with van der Waals surface area (Å²) in [7, 11) is -2.99. The van der Waals surface area contributed by atoms with Gasteiger partial charge in [0.15, 0.2) is 4.90 Å². The highest BCUT2D eigenvalue weighted by Gasteiger charge is 2.38. The second kappa shape index (κ2) is 7.46. The lowest BCUT2D eigenvalue weighted by atomic mass is 10.1. The Hall–Kier alpha value is -2.70. The van der Waals surface area contributed by atoms with E-state index in [1.807, 2.05) is 0 Å². The minimum Gasteiger partial charge on any atom is -0.469 e. The Labute approximate surface area is 145 Å². The molecule has 1 aliphatic rings. The highest BCUT2D eigenvalue weighted by Crippen LogP contribution is 2.31. The third kappa shape index (κ3) is 3.70. The number of hydrogen-bond acceptors (Lipinski definition) is 6. The highest BCUT2D eigenvalue weighted by molar-refractivity contribution is 7.89. The van der Waals surface area contributed by atoms with Gasteiger partial charge in [0.2, 0.25) is 0 Å². The van der Waals surface area contributed by atoms with Crippen LogP contribution in [0.2, 0.25) is 0 Å². The number of carbonyl (C=O) groups excluding carboxylic acids is 1. The molecule has 2 rings (SSSR count). The highest BCUT2D eigenvalue weighted by atomic mass is 32.2. The smallest absolute Gasteiger partial charge is 0.312 e. The van der Waals surface area contributed by atoms with Gasteiger partial charge in [0.1, 0.15) is 0 Å². The van der Waals surface area contributed by atoms with E-state index in [2.05, 4.69) is 10.7 Å². The van der Waals surface area contributed by atoms with Gasteiger partial charge in [0.05, 0.1) is 24.5 Å². The van der Waals surface area contributed by atoms with Crippen LogP contribution in [0.25, 0.3) is 0 Å². The Bertz CT molecular complexity index is 856. The van der Waals surface area contributed by atoms with Crippen LogP contribution >= 0.6 is 0 Å². The molecule has 1 aromatic carbocycles. The molecule has 0 saturated heterocycles. The van der Waals surface area contributed by atoms with E-state index >= 15 is 0 Å². The number of sulfonamides is 1. The molecule has 0 N–H and O–H groups in total. The summed E-state index contributed by atoms with van der Waals surface area (Å²) in [6.07, 6.45) is 8.54. The van der Waals surface area contributed by atoms with Crippen molar-refractivity contribution < 1.29 is 22.9 Å². The molecule has 0 radical (unpaired) electrons. The summed E-state index contributed by atoms with van der Waals surface area (Å²) in [5.41, 5.74) is -0.531. The van der Waals surface area contributed by atoms with Gasteiger partial charge in [-0.3, -0.25) is 14.9 Å². The fourth-order valence-electron chi connectivity index (χ4n) is 2.64. The van der Waals surface area contributed by atoms with Crippen molar-refractivity contribution in [2.45, 2.75) is 17.4 Å². The maximum absolute atomic E-state index is 13.0. The number of nitro benzene ring substituents is 1. The molecule has 0 amide bonds. The predicted molar refractivity (Wildman–Crippen MR) is 88.9 cm³/mol. The molecular weight excluding hydrogens is 348 g/mol. The SMILES string of the molecule is C#CCN([C@H]1C=C[C@@H](C(=O)OC)C1)S(=O)(=O)c1ccccc1[N+](=O)[O-]. The molecule has 0 unspecified atom stereocenters. The van der Waals surface area contributed by atoms with Gasteiger partial charge in [-0.05, 0) is 12.5 Å². The van der Waals surface area contributed by atoms with Gasteiger partial charge < -0.3 is 4.74 Å². The van der Waals surface area contributed by atoms with E-state index in [0.29, 0.717) is 0 Å². The number of carbonyl (C=O) groups is 1. The third-order valence-corrected chi connectivity index (χ3v) is 5.75. The summed E-state index contributed by atoms with van der Waals surface area (Å²) >= 11 is 0. The fourth-order valence-corrected chi connectivity index (χ4v) is 4.31. The Kier molecular flexibility index (Phi) is 5.56. The van der Waals surface area contributed by atoms with Crippen LogP contribution in [0.15, 0.2) is 41.3 Å². The summed E-state index contributed by atoms with van der Waals surface area (Å²) in [6.45, 7) is -0.280. The lowest BCUT2D eigenvalue weighted by molar-refractivity contribution is -0.387. The van der Waals surface area contributed by atoms with Crippen LogP contribution in [-0.2, 0) is 19.6 Å². The zero-order valence-electron chi connectivity index (χ0n) is 13.4. The van der Waals surface area contributed by atoms with Crippen LogP contribution in [0.1, 0.15) is 6.42 Å². The number of para-hydroxylation sites is 1. The maximum Gasteiger partial charge on any atom is 0.312 e. The van der Waals surface area contributed by atoms with Crippen molar-refractivity contribution in [2.24, 2.45) is 5.92 Å². The molecule has 1 aromatic rings. The third-order valence-electron chi connectivity index (χ3n) is 3.83. The molecule has 0 fully saturated rings. The van der Waals surface area contributed by atoms with Crippen LogP contribution < -0.4 is 0 Å². The molecule has 0 saturated carbocycles. The van der Waals surface area contributed by atoms with Gasteiger partial charge >= 0.3 is 5.97 Å². The lowest BCUT2D eigenvalue weighted by Crippen LogP contribution is -2.39. The number of benzene rings is 1. The van der Waals surface area contributed by atoms with E-state index in [4.69, 9.17) is 6.42 Å². The molecule has 132 valence electrons. The number of terminal acetylenes is 1. The van der Waals surface area contributed by atoms with E-state index in [1.165, 1.54) is 19.2 Å². The zero-order valence-corrected chi connectivity index (χ0v) is 14.2. The quantitative estimate of drug-likeness (QED) is 0.248. The molecule has 0 spiro atoms. The summed E-state index contributed by atoms with van der Waals surface area (Å²) in [5, 5.41) is 11.2. The molecule has 2 atom stereocenters. The van der Waals surface area contributed by atoms with Gasteiger partial charge in [0, 0.05) is 12.1 Å². The van der Waals surface area contributed by atoms with Crippen molar-refractivity contribution in [3.8, 4) is 12.3 Å². The number of hydrogen-bond donors (Lipinski definition) is 0.